The highest BCUT2D eigenvalue weighted by Gasteiger charge is 2.32. The first-order valence-electron chi connectivity index (χ1n) is 12.5. The Bertz CT molecular complexity index is 1760. The molecule has 40 heavy (non-hydrogen) atoms. The van der Waals surface area contributed by atoms with Crippen LogP contribution in [0.2, 0.25) is 0 Å². The van der Waals surface area contributed by atoms with Crippen molar-refractivity contribution in [3.63, 3.8) is 0 Å². The topological polar surface area (TPSA) is 135 Å². The number of aromatic hydroxyl groups is 1. The van der Waals surface area contributed by atoms with Crippen molar-refractivity contribution in [3.8, 4) is 23.1 Å². The number of nitrogens with zero attached hydrogens (tertiary/aromatic N) is 4. The normalized spacial score (nSPS) is 12.2. The van der Waals surface area contributed by atoms with Crippen LogP contribution < -0.4 is 5.56 Å². The van der Waals surface area contributed by atoms with Gasteiger partial charge in [-0.2, -0.15) is 14.6 Å². The number of hydrogen-bond acceptors (Lipinski definition) is 8. The molecule has 0 radical (unpaired) electrons. The fraction of sp³-hybridized carbons (Fsp3) is 0.241. The number of ether oxygens (including phenoxy) is 1. The monoisotopic (exact) mass is 562 g/mol. The summed E-state index contributed by atoms with van der Waals surface area (Å²) in [5.41, 5.74) is 1.40. The minimum absolute atomic E-state index is 0.0445. The van der Waals surface area contributed by atoms with E-state index >= 15 is 0 Å². The number of nitriles is 1. The minimum Gasteiger partial charge on any atom is -0.492 e. The van der Waals surface area contributed by atoms with Gasteiger partial charge in [-0.15, -0.1) is 0 Å². The minimum atomic E-state index is -4.54. The summed E-state index contributed by atoms with van der Waals surface area (Å²) in [4.78, 5) is 20.5. The molecule has 9 nitrogen and oxygen atoms in total. The van der Waals surface area contributed by atoms with Gasteiger partial charge in [0, 0.05) is 18.4 Å². The number of benzene rings is 2. The average Bonchev–Trinajstić information content (AvgIpc) is 2.95. The van der Waals surface area contributed by atoms with E-state index < -0.39 is 38.2 Å². The molecule has 0 bridgehead atoms. The van der Waals surface area contributed by atoms with Crippen molar-refractivity contribution in [1.82, 2.24) is 14.5 Å². The Morgan fingerprint density at radius 2 is 1.88 bits per heavy atom. The average molecular weight is 563 g/mol. The Labute approximate surface area is 231 Å². The first-order chi connectivity index (χ1) is 19.1. The fourth-order valence-corrected chi connectivity index (χ4v) is 5.88. The summed E-state index contributed by atoms with van der Waals surface area (Å²) in [6.07, 6.45) is 1.67. The molecule has 1 unspecified atom stereocenters. The first kappa shape index (κ1) is 28.6. The van der Waals surface area contributed by atoms with E-state index in [0.29, 0.717) is 40.8 Å². The van der Waals surface area contributed by atoms with Gasteiger partial charge in [0.1, 0.15) is 12.4 Å². The molecule has 0 saturated heterocycles. The third kappa shape index (κ3) is 5.36. The third-order valence-corrected chi connectivity index (χ3v) is 8.34. The van der Waals surface area contributed by atoms with Crippen molar-refractivity contribution in [3.05, 3.63) is 99.6 Å². The third-order valence-electron chi connectivity index (χ3n) is 6.55. The van der Waals surface area contributed by atoms with E-state index in [1.165, 1.54) is 35.0 Å². The summed E-state index contributed by atoms with van der Waals surface area (Å²) in [5.74, 6) is -1.53. The molecule has 2 aromatic heterocycles. The fourth-order valence-electron chi connectivity index (χ4n) is 4.54. The lowest BCUT2D eigenvalue weighted by molar-refractivity contribution is 0.122. The predicted octanol–water partition coefficient (Wildman–Crippen LogP) is 4.70. The summed E-state index contributed by atoms with van der Waals surface area (Å²) in [7, 11) is -4.54. The van der Waals surface area contributed by atoms with Crippen molar-refractivity contribution in [2.45, 2.75) is 49.6 Å². The van der Waals surface area contributed by atoms with Gasteiger partial charge in [0.15, 0.2) is 4.90 Å². The van der Waals surface area contributed by atoms with Crippen LogP contribution in [0.5, 0.6) is 5.88 Å². The molecular formula is C29H27FN4O5S. The van der Waals surface area contributed by atoms with E-state index in [9.17, 15) is 28.0 Å². The van der Waals surface area contributed by atoms with Crippen LogP contribution in [0.1, 0.15) is 48.8 Å². The van der Waals surface area contributed by atoms with E-state index in [1.54, 1.807) is 44.2 Å². The zero-order chi connectivity index (χ0) is 29.0. The van der Waals surface area contributed by atoms with E-state index in [0.717, 1.165) is 0 Å². The Hall–Kier alpha value is -4.40. The van der Waals surface area contributed by atoms with Gasteiger partial charge in [-0.3, -0.25) is 9.36 Å². The second kappa shape index (κ2) is 11.8. The zero-order valence-electron chi connectivity index (χ0n) is 22.1. The molecule has 0 saturated carbocycles. The number of pyridine rings is 1. The van der Waals surface area contributed by atoms with Crippen LogP contribution in [0.3, 0.4) is 0 Å². The van der Waals surface area contributed by atoms with E-state index in [2.05, 4.69) is 16.0 Å². The quantitative estimate of drug-likeness (QED) is 0.290. The van der Waals surface area contributed by atoms with Crippen molar-refractivity contribution >= 4 is 9.84 Å². The molecule has 0 aliphatic heterocycles. The summed E-state index contributed by atoms with van der Waals surface area (Å²) in [6.45, 7) is 5.27. The molecule has 2 aromatic carbocycles. The van der Waals surface area contributed by atoms with E-state index in [4.69, 9.17) is 4.74 Å². The maximum absolute atomic E-state index is 13.9. The van der Waals surface area contributed by atoms with Crippen molar-refractivity contribution in [1.29, 1.82) is 5.26 Å². The molecule has 1 atom stereocenters. The van der Waals surface area contributed by atoms with E-state index in [1.807, 2.05) is 6.92 Å². The largest absolute Gasteiger partial charge is 0.492 e. The van der Waals surface area contributed by atoms with Crippen LogP contribution in [0.4, 0.5) is 4.39 Å². The van der Waals surface area contributed by atoms with Gasteiger partial charge in [-0.1, -0.05) is 31.2 Å². The standard InChI is InChI=1S/C29H27FN4O5S/c1-4-24(21-8-6-7-19(15-21)16-31)34-25(17-39-5-2)33-28(35)26(29(34)36)40(37,38)22-11-9-20(10-12-22)23-13-14-32-27(30)18(23)3/h6-15,24,35H,4-5,17H2,1-3H3. The number of sulfone groups is 1. The predicted molar refractivity (Wildman–Crippen MR) is 145 cm³/mol. The maximum Gasteiger partial charge on any atom is 0.277 e. The Kier molecular flexibility index (Phi) is 8.42. The van der Waals surface area contributed by atoms with Gasteiger partial charge in [-0.25, -0.2) is 13.4 Å². The molecule has 1 N–H and O–H groups in total. The smallest absolute Gasteiger partial charge is 0.277 e. The highest BCUT2D eigenvalue weighted by Crippen LogP contribution is 2.31. The lowest BCUT2D eigenvalue weighted by Crippen LogP contribution is -2.33. The van der Waals surface area contributed by atoms with Crippen LogP contribution >= 0.6 is 0 Å². The molecular weight excluding hydrogens is 535 g/mol. The lowest BCUT2D eigenvalue weighted by Gasteiger charge is -2.23. The second-order valence-corrected chi connectivity index (χ2v) is 10.8. The van der Waals surface area contributed by atoms with Gasteiger partial charge in [0.2, 0.25) is 21.7 Å². The van der Waals surface area contributed by atoms with Gasteiger partial charge in [0.25, 0.3) is 5.56 Å². The molecule has 206 valence electrons. The molecule has 4 rings (SSSR count). The zero-order valence-corrected chi connectivity index (χ0v) is 22.9. The van der Waals surface area contributed by atoms with Crippen LogP contribution in [0.15, 0.2) is 75.4 Å². The van der Waals surface area contributed by atoms with Crippen LogP contribution in [-0.2, 0) is 21.2 Å². The van der Waals surface area contributed by atoms with Crippen molar-refractivity contribution in [2.75, 3.05) is 6.61 Å². The summed E-state index contributed by atoms with van der Waals surface area (Å²) < 4.78 is 48.0. The Balaban J connectivity index is 1.88. The summed E-state index contributed by atoms with van der Waals surface area (Å²) in [5, 5.41) is 20.1. The lowest BCUT2D eigenvalue weighted by atomic mass is 10.0. The molecule has 0 fully saturated rings. The van der Waals surface area contributed by atoms with Crippen molar-refractivity contribution < 1.29 is 22.7 Å². The number of hydrogen-bond donors (Lipinski definition) is 1. The molecule has 2 heterocycles. The highest BCUT2D eigenvalue weighted by molar-refractivity contribution is 7.91. The SMILES string of the molecule is CCOCc1nc(O)c(S(=O)(=O)c2ccc(-c3ccnc(F)c3C)cc2)c(=O)n1C(CC)c1cccc(C#N)c1. The van der Waals surface area contributed by atoms with Gasteiger partial charge in [-0.05, 0) is 67.3 Å². The summed E-state index contributed by atoms with van der Waals surface area (Å²) >= 11 is 0. The second-order valence-electron chi connectivity index (χ2n) is 8.96. The van der Waals surface area contributed by atoms with Gasteiger partial charge >= 0.3 is 0 Å². The number of rotatable bonds is 9. The molecule has 4 aromatic rings. The van der Waals surface area contributed by atoms with Crippen molar-refractivity contribution in [2.24, 2.45) is 0 Å². The number of halogens is 1. The number of aromatic nitrogens is 3. The Morgan fingerprint density at radius 3 is 2.52 bits per heavy atom. The first-order valence-corrected chi connectivity index (χ1v) is 14.0. The van der Waals surface area contributed by atoms with E-state index in [-0.39, 0.29) is 17.3 Å². The molecule has 0 spiro atoms. The maximum atomic E-state index is 13.9. The molecule has 0 aliphatic rings. The van der Waals surface area contributed by atoms with Crippen LogP contribution in [-0.4, -0.2) is 34.7 Å². The van der Waals surface area contributed by atoms with Gasteiger partial charge in [0.05, 0.1) is 22.6 Å². The highest BCUT2D eigenvalue weighted by atomic mass is 32.2. The molecule has 0 aliphatic carbocycles. The molecule has 0 amide bonds. The molecule has 11 heteroatoms. The van der Waals surface area contributed by atoms with Gasteiger partial charge < -0.3 is 9.84 Å². The Morgan fingerprint density at radius 1 is 1.15 bits per heavy atom. The van der Waals surface area contributed by atoms with Crippen LogP contribution in [0, 0.1) is 24.2 Å². The van der Waals surface area contributed by atoms with Crippen LogP contribution in [0.25, 0.3) is 11.1 Å². The summed E-state index contributed by atoms with van der Waals surface area (Å²) in [6, 6.07) is 15.2.